The Morgan fingerprint density at radius 2 is 2.08 bits per heavy atom. The summed E-state index contributed by atoms with van der Waals surface area (Å²) in [7, 11) is -3.72. The minimum atomic E-state index is -3.72. The highest BCUT2D eigenvalue weighted by Crippen LogP contribution is 2.20. The summed E-state index contributed by atoms with van der Waals surface area (Å²) < 4.78 is 42.4. The Morgan fingerprint density at radius 1 is 1.24 bits per heavy atom. The zero-order valence-corrected chi connectivity index (χ0v) is 14.8. The van der Waals surface area contributed by atoms with Crippen LogP contribution in [0.3, 0.4) is 0 Å². The molecule has 0 saturated carbocycles. The summed E-state index contributed by atoms with van der Waals surface area (Å²) in [6.45, 7) is 3.20. The number of aryl methyl sites for hydroxylation is 1. The monoisotopic (exact) mass is 361 g/mol. The molecular formula is C18H20FN3O2S. The first-order valence-corrected chi connectivity index (χ1v) is 9.67. The van der Waals surface area contributed by atoms with Crippen LogP contribution in [0.1, 0.15) is 18.9 Å². The number of pyridine rings is 1. The number of halogens is 1. The molecule has 7 heteroatoms. The number of nitrogens with zero attached hydrogens (tertiary/aromatic N) is 2. The van der Waals surface area contributed by atoms with Crippen molar-refractivity contribution in [1.29, 1.82) is 0 Å². The molecule has 132 valence electrons. The first-order valence-electron chi connectivity index (χ1n) is 8.19. The van der Waals surface area contributed by atoms with E-state index in [1.807, 2.05) is 18.3 Å². The van der Waals surface area contributed by atoms with Gasteiger partial charge in [-0.25, -0.2) is 22.5 Å². The van der Waals surface area contributed by atoms with Crippen LogP contribution in [0.4, 0.5) is 4.39 Å². The van der Waals surface area contributed by atoms with Crippen molar-refractivity contribution in [3.8, 4) is 0 Å². The van der Waals surface area contributed by atoms with E-state index in [9.17, 15) is 12.8 Å². The van der Waals surface area contributed by atoms with Crippen LogP contribution in [0.5, 0.6) is 0 Å². The number of hydrogen-bond donors (Lipinski definition) is 1. The van der Waals surface area contributed by atoms with Crippen LogP contribution in [0, 0.1) is 5.82 Å². The van der Waals surface area contributed by atoms with Gasteiger partial charge < -0.3 is 4.57 Å². The van der Waals surface area contributed by atoms with E-state index in [1.54, 1.807) is 6.20 Å². The molecule has 25 heavy (non-hydrogen) atoms. The second kappa shape index (κ2) is 7.33. The molecule has 0 radical (unpaired) electrons. The molecule has 0 atom stereocenters. The van der Waals surface area contributed by atoms with Crippen molar-refractivity contribution in [3.63, 3.8) is 0 Å². The molecule has 0 bridgehead atoms. The smallest absolute Gasteiger partial charge is 0.240 e. The topological polar surface area (TPSA) is 64.0 Å². The van der Waals surface area contributed by atoms with Gasteiger partial charge in [0.15, 0.2) is 0 Å². The van der Waals surface area contributed by atoms with Gasteiger partial charge in [-0.2, -0.15) is 0 Å². The summed E-state index contributed by atoms with van der Waals surface area (Å²) in [5.41, 5.74) is 1.95. The van der Waals surface area contributed by atoms with E-state index in [0.29, 0.717) is 6.42 Å². The average molecular weight is 361 g/mol. The van der Waals surface area contributed by atoms with E-state index in [-0.39, 0.29) is 11.4 Å². The zero-order valence-electron chi connectivity index (χ0n) is 13.9. The van der Waals surface area contributed by atoms with Gasteiger partial charge in [0.05, 0.1) is 4.90 Å². The van der Waals surface area contributed by atoms with Gasteiger partial charge in [0, 0.05) is 30.9 Å². The van der Waals surface area contributed by atoms with Crippen LogP contribution in [0.2, 0.25) is 0 Å². The fourth-order valence-corrected chi connectivity index (χ4v) is 3.91. The van der Waals surface area contributed by atoms with Crippen LogP contribution in [0.15, 0.2) is 53.7 Å². The lowest BCUT2D eigenvalue weighted by Crippen LogP contribution is -2.26. The third-order valence-electron chi connectivity index (χ3n) is 3.97. The Balaban J connectivity index is 1.75. The van der Waals surface area contributed by atoms with Gasteiger partial charge in [0.25, 0.3) is 0 Å². The van der Waals surface area contributed by atoms with Crippen molar-refractivity contribution >= 4 is 21.1 Å². The van der Waals surface area contributed by atoms with Crippen LogP contribution in [-0.4, -0.2) is 24.5 Å². The fourth-order valence-electron chi connectivity index (χ4n) is 2.84. The first-order chi connectivity index (χ1) is 12.0. The third-order valence-corrected chi connectivity index (χ3v) is 5.43. The number of rotatable bonds is 7. The SMILES string of the molecule is CCCn1cc(CCNS(=O)(=O)c2cccc(F)c2)c2cccnc21. The molecule has 0 aliphatic carbocycles. The lowest BCUT2D eigenvalue weighted by atomic mass is 10.2. The standard InChI is InChI=1S/C18H20FN3O2S/c1-2-11-22-13-14(17-7-4-9-20-18(17)22)8-10-21-25(23,24)16-6-3-5-15(19)12-16/h3-7,9,12-13,21H,2,8,10-11H2,1H3. The molecule has 0 saturated heterocycles. The molecule has 0 aliphatic heterocycles. The van der Waals surface area contributed by atoms with Crippen molar-refractivity contribution in [1.82, 2.24) is 14.3 Å². The highest BCUT2D eigenvalue weighted by Gasteiger charge is 2.15. The fraction of sp³-hybridized carbons (Fsp3) is 0.278. The zero-order chi connectivity index (χ0) is 17.9. The summed E-state index contributed by atoms with van der Waals surface area (Å²) in [4.78, 5) is 4.35. The largest absolute Gasteiger partial charge is 0.332 e. The molecule has 2 heterocycles. The number of aromatic nitrogens is 2. The molecule has 1 aromatic carbocycles. The second-order valence-electron chi connectivity index (χ2n) is 5.83. The Morgan fingerprint density at radius 3 is 2.84 bits per heavy atom. The minimum absolute atomic E-state index is 0.0671. The maximum Gasteiger partial charge on any atom is 0.240 e. The highest BCUT2D eigenvalue weighted by atomic mass is 32.2. The predicted octanol–water partition coefficient (Wildman–Crippen LogP) is 3.11. The average Bonchev–Trinajstić information content (AvgIpc) is 2.93. The van der Waals surface area contributed by atoms with Crippen molar-refractivity contribution in [2.45, 2.75) is 31.2 Å². The molecule has 0 aliphatic rings. The second-order valence-corrected chi connectivity index (χ2v) is 7.59. The summed E-state index contributed by atoms with van der Waals surface area (Å²) in [6, 6.07) is 8.86. The summed E-state index contributed by atoms with van der Waals surface area (Å²) in [6.07, 6.45) is 5.31. The van der Waals surface area contributed by atoms with Gasteiger partial charge in [0.2, 0.25) is 10.0 Å². The van der Waals surface area contributed by atoms with Gasteiger partial charge in [-0.3, -0.25) is 0 Å². The molecule has 3 rings (SSSR count). The van der Waals surface area contributed by atoms with E-state index in [1.165, 1.54) is 18.2 Å². The van der Waals surface area contributed by atoms with Gasteiger partial charge in [-0.1, -0.05) is 13.0 Å². The van der Waals surface area contributed by atoms with Gasteiger partial charge in [0.1, 0.15) is 11.5 Å². The van der Waals surface area contributed by atoms with Gasteiger partial charge in [-0.15, -0.1) is 0 Å². The molecule has 0 spiro atoms. The van der Waals surface area contributed by atoms with Crippen molar-refractivity contribution in [3.05, 3.63) is 60.2 Å². The van der Waals surface area contributed by atoms with Crippen molar-refractivity contribution in [2.75, 3.05) is 6.54 Å². The van der Waals surface area contributed by atoms with E-state index >= 15 is 0 Å². The van der Waals surface area contributed by atoms with Crippen LogP contribution in [-0.2, 0) is 23.0 Å². The van der Waals surface area contributed by atoms with Crippen LogP contribution < -0.4 is 4.72 Å². The number of nitrogens with one attached hydrogen (secondary N) is 1. The number of sulfonamides is 1. The molecule has 2 aromatic heterocycles. The molecule has 0 amide bonds. The van der Waals surface area contributed by atoms with Crippen molar-refractivity contribution < 1.29 is 12.8 Å². The number of hydrogen-bond acceptors (Lipinski definition) is 3. The Labute approximate surface area is 146 Å². The van der Waals surface area contributed by atoms with E-state index in [4.69, 9.17) is 0 Å². The van der Waals surface area contributed by atoms with Crippen LogP contribution >= 0.6 is 0 Å². The van der Waals surface area contributed by atoms with E-state index < -0.39 is 15.8 Å². The molecular weight excluding hydrogens is 341 g/mol. The summed E-state index contributed by atoms with van der Waals surface area (Å²) in [5.74, 6) is -0.573. The van der Waals surface area contributed by atoms with Gasteiger partial charge >= 0.3 is 0 Å². The summed E-state index contributed by atoms with van der Waals surface area (Å²) >= 11 is 0. The molecule has 1 N–H and O–H groups in total. The molecule has 0 unspecified atom stereocenters. The van der Waals surface area contributed by atoms with Crippen molar-refractivity contribution in [2.24, 2.45) is 0 Å². The van der Waals surface area contributed by atoms with Crippen LogP contribution in [0.25, 0.3) is 11.0 Å². The number of benzene rings is 1. The van der Waals surface area contributed by atoms with E-state index in [0.717, 1.165) is 35.6 Å². The molecule has 3 aromatic rings. The lowest BCUT2D eigenvalue weighted by Gasteiger charge is -2.06. The number of fused-ring (bicyclic) bond motifs is 1. The van der Waals surface area contributed by atoms with Gasteiger partial charge in [-0.05, 0) is 48.7 Å². The molecule has 0 fully saturated rings. The first kappa shape index (κ1) is 17.6. The molecule has 5 nitrogen and oxygen atoms in total. The van der Waals surface area contributed by atoms with E-state index in [2.05, 4.69) is 21.2 Å². The Hall–Kier alpha value is -2.25. The maximum absolute atomic E-state index is 13.2. The summed E-state index contributed by atoms with van der Waals surface area (Å²) in [5, 5.41) is 1.03. The third kappa shape index (κ3) is 3.88. The quantitative estimate of drug-likeness (QED) is 0.703. The lowest BCUT2D eigenvalue weighted by molar-refractivity contribution is 0.577. The maximum atomic E-state index is 13.2. The minimum Gasteiger partial charge on any atom is -0.332 e. The Kier molecular flexibility index (Phi) is 5.15. The normalized spacial score (nSPS) is 11.9. The highest BCUT2D eigenvalue weighted by molar-refractivity contribution is 7.89. The Bertz CT molecular complexity index is 983. The predicted molar refractivity (Wildman–Crippen MR) is 95.3 cm³/mol.